The van der Waals surface area contributed by atoms with Crippen LogP contribution in [-0.2, 0) is 13.0 Å². The molecule has 4 nitrogen and oxygen atoms in total. The maximum Gasteiger partial charge on any atom is 0.164 e. The van der Waals surface area contributed by atoms with Crippen molar-refractivity contribution < 1.29 is 8.78 Å². The van der Waals surface area contributed by atoms with Gasteiger partial charge >= 0.3 is 0 Å². The number of aryl methyl sites for hydroxylation is 1. The minimum Gasteiger partial charge on any atom is -0.299 e. The van der Waals surface area contributed by atoms with Crippen LogP contribution >= 0.6 is 0 Å². The number of halogens is 2. The second kappa shape index (κ2) is 7.48. The van der Waals surface area contributed by atoms with E-state index < -0.39 is 11.6 Å². The molecule has 1 aliphatic heterocycles. The lowest BCUT2D eigenvalue weighted by Crippen LogP contribution is -2.33. The van der Waals surface area contributed by atoms with E-state index in [1.165, 1.54) is 30.0 Å². The molecular weight excluding hydrogens is 370 g/mol. The predicted octanol–water partition coefficient (Wildman–Crippen LogP) is 4.65. The first-order valence-electron chi connectivity index (χ1n) is 10.6. The summed E-state index contributed by atoms with van der Waals surface area (Å²) in [6.07, 6.45) is 7.53. The summed E-state index contributed by atoms with van der Waals surface area (Å²) in [5.74, 6) is 1.09. The third kappa shape index (κ3) is 3.78. The summed E-state index contributed by atoms with van der Waals surface area (Å²) in [5.41, 5.74) is 4.07. The monoisotopic (exact) mass is 396 g/mol. The Bertz CT molecular complexity index is 1030. The van der Waals surface area contributed by atoms with Crippen molar-refractivity contribution in [3.8, 4) is 0 Å². The Balaban J connectivity index is 1.26. The molecule has 0 N–H and O–H groups in total. The van der Waals surface area contributed by atoms with Crippen molar-refractivity contribution in [1.82, 2.24) is 19.5 Å². The molecule has 0 radical (unpaired) electrons. The fourth-order valence-corrected chi connectivity index (χ4v) is 4.54. The van der Waals surface area contributed by atoms with Crippen LogP contribution in [0.4, 0.5) is 8.78 Å². The topological polar surface area (TPSA) is 33.4 Å². The van der Waals surface area contributed by atoms with Crippen molar-refractivity contribution in [2.75, 3.05) is 13.1 Å². The lowest BCUT2D eigenvalue weighted by atomic mass is 9.89. The van der Waals surface area contributed by atoms with E-state index in [4.69, 9.17) is 0 Å². The summed E-state index contributed by atoms with van der Waals surface area (Å²) in [5, 5.41) is 8.86. The normalized spacial score (nSPS) is 18.6. The van der Waals surface area contributed by atoms with E-state index in [9.17, 15) is 8.78 Å². The Morgan fingerprint density at radius 3 is 2.55 bits per heavy atom. The van der Waals surface area contributed by atoms with Crippen LogP contribution in [0.1, 0.15) is 54.1 Å². The number of likely N-dealkylation sites (tertiary alicyclic amines) is 1. The summed E-state index contributed by atoms with van der Waals surface area (Å²) in [7, 11) is 0. The SMILES string of the molecule is Cc1c(CN2CCC(c3ccc(F)cc3F)CC2)ccn2c(CC3CC3)nnc12. The van der Waals surface area contributed by atoms with Gasteiger partial charge in [-0.1, -0.05) is 6.07 Å². The highest BCUT2D eigenvalue weighted by atomic mass is 19.1. The quantitative estimate of drug-likeness (QED) is 0.630. The van der Waals surface area contributed by atoms with Gasteiger partial charge in [0.05, 0.1) is 0 Å². The molecule has 5 rings (SSSR count). The largest absolute Gasteiger partial charge is 0.299 e. The van der Waals surface area contributed by atoms with E-state index in [0.717, 1.165) is 62.4 Å². The van der Waals surface area contributed by atoms with Gasteiger partial charge in [-0.15, -0.1) is 10.2 Å². The van der Waals surface area contributed by atoms with Gasteiger partial charge in [0.25, 0.3) is 0 Å². The Labute approximate surface area is 169 Å². The molecule has 2 aliphatic rings. The number of hydrogen-bond donors (Lipinski definition) is 0. The fourth-order valence-electron chi connectivity index (χ4n) is 4.54. The number of fused-ring (bicyclic) bond motifs is 1. The molecular formula is C23H26F2N4. The van der Waals surface area contributed by atoms with Gasteiger partial charge in [-0.3, -0.25) is 9.30 Å². The number of rotatable bonds is 5. The molecule has 0 unspecified atom stereocenters. The van der Waals surface area contributed by atoms with Crippen LogP contribution in [0.15, 0.2) is 30.5 Å². The van der Waals surface area contributed by atoms with E-state index in [1.54, 1.807) is 6.07 Å². The Hall–Kier alpha value is -2.34. The maximum atomic E-state index is 14.1. The van der Waals surface area contributed by atoms with Crippen LogP contribution in [0, 0.1) is 24.5 Å². The second-order valence-electron chi connectivity index (χ2n) is 8.64. The molecule has 6 heteroatoms. The zero-order valence-electron chi connectivity index (χ0n) is 16.7. The molecule has 1 saturated heterocycles. The summed E-state index contributed by atoms with van der Waals surface area (Å²) in [4.78, 5) is 2.41. The van der Waals surface area contributed by atoms with Crippen molar-refractivity contribution in [3.05, 3.63) is 64.6 Å². The van der Waals surface area contributed by atoms with E-state index in [1.807, 2.05) is 0 Å². The number of aromatic nitrogens is 3. The van der Waals surface area contributed by atoms with Crippen molar-refractivity contribution in [2.45, 2.75) is 51.5 Å². The van der Waals surface area contributed by atoms with Gasteiger partial charge in [-0.05, 0) is 86.4 Å². The Kier molecular flexibility index (Phi) is 4.82. The van der Waals surface area contributed by atoms with Crippen LogP contribution in [0.25, 0.3) is 5.65 Å². The van der Waals surface area contributed by atoms with Gasteiger partial charge in [0.15, 0.2) is 5.65 Å². The molecule has 1 saturated carbocycles. The highest BCUT2D eigenvalue weighted by molar-refractivity contribution is 5.51. The number of benzene rings is 1. The van der Waals surface area contributed by atoms with Crippen LogP contribution in [0.5, 0.6) is 0 Å². The van der Waals surface area contributed by atoms with E-state index >= 15 is 0 Å². The summed E-state index contributed by atoms with van der Waals surface area (Å²) in [6.45, 7) is 4.81. The third-order valence-corrected chi connectivity index (χ3v) is 6.56. The first-order chi connectivity index (χ1) is 14.1. The summed E-state index contributed by atoms with van der Waals surface area (Å²) in [6, 6.07) is 6.15. The van der Waals surface area contributed by atoms with Gasteiger partial charge < -0.3 is 0 Å². The molecule has 2 aromatic heterocycles. The number of hydrogen-bond acceptors (Lipinski definition) is 3. The molecule has 3 aromatic rings. The minimum atomic E-state index is -0.511. The van der Waals surface area contributed by atoms with Crippen molar-refractivity contribution in [1.29, 1.82) is 0 Å². The number of pyridine rings is 1. The third-order valence-electron chi connectivity index (χ3n) is 6.56. The smallest absolute Gasteiger partial charge is 0.164 e. The first kappa shape index (κ1) is 18.7. The van der Waals surface area contributed by atoms with Gasteiger partial charge in [0, 0.05) is 25.2 Å². The molecule has 1 aromatic carbocycles. The lowest BCUT2D eigenvalue weighted by Gasteiger charge is -2.32. The molecule has 0 amide bonds. The zero-order chi connectivity index (χ0) is 20.0. The standard InChI is InChI=1S/C23H26F2N4/c1-15-18(8-11-29-22(12-16-2-3-16)26-27-23(15)29)14-28-9-6-17(7-10-28)20-5-4-19(24)13-21(20)25/h4-5,8,11,13,16-17H,2-3,6-7,9-10,12,14H2,1H3. The number of nitrogens with zero attached hydrogens (tertiary/aromatic N) is 4. The Morgan fingerprint density at radius 1 is 1.03 bits per heavy atom. The average Bonchev–Trinajstić information content (AvgIpc) is 3.43. The summed E-state index contributed by atoms with van der Waals surface area (Å²) < 4.78 is 29.4. The van der Waals surface area contributed by atoms with Crippen LogP contribution < -0.4 is 0 Å². The summed E-state index contributed by atoms with van der Waals surface area (Å²) >= 11 is 0. The lowest BCUT2D eigenvalue weighted by molar-refractivity contribution is 0.203. The molecule has 1 aliphatic carbocycles. The molecule has 0 spiro atoms. The maximum absolute atomic E-state index is 14.1. The van der Waals surface area contributed by atoms with E-state index in [0.29, 0.717) is 5.56 Å². The molecule has 0 bridgehead atoms. The zero-order valence-corrected chi connectivity index (χ0v) is 16.7. The van der Waals surface area contributed by atoms with E-state index in [2.05, 4.69) is 38.7 Å². The van der Waals surface area contributed by atoms with E-state index in [-0.39, 0.29) is 5.92 Å². The Morgan fingerprint density at radius 2 is 1.83 bits per heavy atom. The van der Waals surface area contributed by atoms with Gasteiger partial charge in [0.2, 0.25) is 0 Å². The first-order valence-corrected chi connectivity index (χ1v) is 10.6. The molecule has 152 valence electrons. The fraction of sp³-hybridized carbons (Fsp3) is 0.478. The van der Waals surface area contributed by atoms with Crippen LogP contribution in [0.2, 0.25) is 0 Å². The predicted molar refractivity (Wildman–Crippen MR) is 108 cm³/mol. The van der Waals surface area contributed by atoms with Gasteiger partial charge in [-0.2, -0.15) is 0 Å². The molecule has 0 atom stereocenters. The average molecular weight is 396 g/mol. The highest BCUT2D eigenvalue weighted by Crippen LogP contribution is 2.33. The second-order valence-corrected chi connectivity index (χ2v) is 8.64. The van der Waals surface area contributed by atoms with Crippen molar-refractivity contribution in [3.63, 3.8) is 0 Å². The molecule has 2 fully saturated rings. The number of piperidine rings is 1. The highest BCUT2D eigenvalue weighted by Gasteiger charge is 2.26. The van der Waals surface area contributed by atoms with Crippen molar-refractivity contribution >= 4 is 5.65 Å². The minimum absolute atomic E-state index is 0.164. The molecule has 3 heterocycles. The molecule has 29 heavy (non-hydrogen) atoms. The van der Waals surface area contributed by atoms with Gasteiger partial charge in [0.1, 0.15) is 17.5 Å². The van der Waals surface area contributed by atoms with Crippen LogP contribution in [-0.4, -0.2) is 32.6 Å². The van der Waals surface area contributed by atoms with Crippen LogP contribution in [0.3, 0.4) is 0 Å². The van der Waals surface area contributed by atoms with Crippen molar-refractivity contribution in [2.24, 2.45) is 5.92 Å². The van der Waals surface area contributed by atoms with Gasteiger partial charge in [-0.25, -0.2) is 8.78 Å².